The van der Waals surface area contributed by atoms with Crippen LogP contribution in [0, 0.1) is 6.92 Å². The molecule has 0 unspecified atom stereocenters. The minimum absolute atomic E-state index is 0.253. The molecule has 1 aromatic carbocycles. The van der Waals surface area contributed by atoms with Crippen LogP contribution in [-0.2, 0) is 16.6 Å². The second-order valence-corrected chi connectivity index (χ2v) is 7.29. The van der Waals surface area contributed by atoms with Crippen LogP contribution in [0.3, 0.4) is 0 Å². The van der Waals surface area contributed by atoms with Gasteiger partial charge < -0.3 is 9.73 Å². The molecule has 0 fully saturated rings. The number of rotatable bonds is 7. The largest absolute Gasteiger partial charge is 0.459 e. The topological polar surface area (TPSA) is 79.6 Å². The van der Waals surface area contributed by atoms with Crippen molar-refractivity contribution in [2.24, 2.45) is 0 Å². The molecule has 0 aliphatic rings. The van der Waals surface area contributed by atoms with Crippen LogP contribution in [-0.4, -0.2) is 31.7 Å². The molecule has 0 saturated heterocycles. The first-order valence-corrected chi connectivity index (χ1v) is 9.25. The highest BCUT2D eigenvalue weighted by Gasteiger charge is 2.21. The van der Waals surface area contributed by atoms with Gasteiger partial charge in [-0.3, -0.25) is 4.79 Å². The molecule has 0 saturated carbocycles. The molecule has 1 amide bonds. The maximum atomic E-state index is 12.4. The van der Waals surface area contributed by atoms with Gasteiger partial charge in [-0.2, -0.15) is 4.31 Å². The minimum atomic E-state index is -3.46. The standard InChI is InChI=1S/C17H22N2O4S/c1-4-19(5-2)24(21,22)15-8-6-14(7-9-15)12-18-17(20)16-13(3)10-11-23-16/h6-11H,4-5,12H2,1-3H3,(H,18,20). The van der Waals surface area contributed by atoms with Crippen molar-refractivity contribution in [3.8, 4) is 0 Å². The Morgan fingerprint density at radius 3 is 2.25 bits per heavy atom. The zero-order valence-electron chi connectivity index (χ0n) is 14.1. The average molecular weight is 350 g/mol. The molecule has 1 N–H and O–H groups in total. The molecular weight excluding hydrogens is 328 g/mol. The van der Waals surface area contributed by atoms with Crippen molar-refractivity contribution in [3.05, 3.63) is 53.5 Å². The zero-order valence-corrected chi connectivity index (χ0v) is 14.9. The fourth-order valence-corrected chi connectivity index (χ4v) is 3.82. The zero-order chi connectivity index (χ0) is 17.7. The van der Waals surface area contributed by atoms with Gasteiger partial charge in [-0.05, 0) is 30.7 Å². The van der Waals surface area contributed by atoms with E-state index < -0.39 is 10.0 Å². The number of amides is 1. The Bertz CT molecular complexity index is 790. The lowest BCUT2D eigenvalue weighted by atomic mass is 10.2. The number of nitrogens with zero attached hydrogens (tertiary/aromatic N) is 1. The Labute approximate surface area is 142 Å². The Kier molecular flexibility index (Phi) is 5.80. The number of hydrogen-bond donors (Lipinski definition) is 1. The van der Waals surface area contributed by atoms with Crippen molar-refractivity contribution in [1.82, 2.24) is 9.62 Å². The Morgan fingerprint density at radius 2 is 1.75 bits per heavy atom. The van der Waals surface area contributed by atoms with Gasteiger partial charge in [0.2, 0.25) is 10.0 Å². The van der Waals surface area contributed by atoms with Gasteiger partial charge in [-0.15, -0.1) is 0 Å². The molecule has 24 heavy (non-hydrogen) atoms. The van der Waals surface area contributed by atoms with E-state index in [0.29, 0.717) is 19.6 Å². The van der Waals surface area contributed by atoms with Gasteiger partial charge in [-0.1, -0.05) is 26.0 Å². The predicted molar refractivity (Wildman–Crippen MR) is 91.2 cm³/mol. The van der Waals surface area contributed by atoms with Crippen molar-refractivity contribution in [1.29, 1.82) is 0 Å². The summed E-state index contributed by atoms with van der Waals surface area (Å²) in [5.74, 6) is -0.00642. The molecule has 1 aromatic heterocycles. The SMILES string of the molecule is CCN(CC)S(=O)(=O)c1ccc(CNC(=O)c2occc2C)cc1. The monoisotopic (exact) mass is 350 g/mol. The van der Waals surface area contributed by atoms with Gasteiger partial charge >= 0.3 is 0 Å². The van der Waals surface area contributed by atoms with Crippen LogP contribution in [0.25, 0.3) is 0 Å². The van der Waals surface area contributed by atoms with Crippen LogP contribution in [0.15, 0.2) is 45.9 Å². The first kappa shape index (κ1) is 18.2. The third-order valence-corrected chi connectivity index (χ3v) is 5.85. The van der Waals surface area contributed by atoms with Crippen molar-refractivity contribution < 1.29 is 17.6 Å². The highest BCUT2D eigenvalue weighted by Crippen LogP contribution is 2.16. The molecule has 0 atom stereocenters. The van der Waals surface area contributed by atoms with E-state index in [1.54, 1.807) is 37.3 Å². The highest BCUT2D eigenvalue weighted by molar-refractivity contribution is 7.89. The van der Waals surface area contributed by atoms with Crippen LogP contribution in [0.2, 0.25) is 0 Å². The molecule has 0 aliphatic carbocycles. The summed E-state index contributed by atoms with van der Waals surface area (Å²) >= 11 is 0. The third kappa shape index (κ3) is 3.85. The average Bonchev–Trinajstić information content (AvgIpc) is 3.00. The highest BCUT2D eigenvalue weighted by atomic mass is 32.2. The molecular formula is C17H22N2O4S. The number of sulfonamides is 1. The first-order valence-electron chi connectivity index (χ1n) is 7.81. The lowest BCUT2D eigenvalue weighted by molar-refractivity contribution is 0.0922. The summed E-state index contributed by atoms with van der Waals surface area (Å²) in [6.45, 7) is 6.57. The van der Waals surface area contributed by atoms with Crippen LogP contribution in [0.1, 0.15) is 35.5 Å². The molecule has 0 bridgehead atoms. The van der Waals surface area contributed by atoms with Gasteiger partial charge in [0.25, 0.3) is 5.91 Å². The Balaban J connectivity index is 2.05. The van der Waals surface area contributed by atoms with Gasteiger partial charge in [-0.25, -0.2) is 8.42 Å². The van der Waals surface area contributed by atoms with Crippen LogP contribution < -0.4 is 5.32 Å². The third-order valence-electron chi connectivity index (χ3n) is 3.79. The summed E-state index contributed by atoms with van der Waals surface area (Å²) in [4.78, 5) is 12.2. The van der Waals surface area contributed by atoms with E-state index in [9.17, 15) is 13.2 Å². The van der Waals surface area contributed by atoms with E-state index in [2.05, 4.69) is 5.32 Å². The normalized spacial score (nSPS) is 11.7. The van der Waals surface area contributed by atoms with Gasteiger partial charge in [0.15, 0.2) is 5.76 Å². The molecule has 2 rings (SSSR count). The number of aryl methyl sites for hydroxylation is 1. The Morgan fingerprint density at radius 1 is 1.12 bits per heavy atom. The van der Waals surface area contributed by atoms with Crippen LogP contribution in [0.5, 0.6) is 0 Å². The fraction of sp³-hybridized carbons (Fsp3) is 0.353. The molecule has 0 aliphatic heterocycles. The quantitative estimate of drug-likeness (QED) is 0.832. The van der Waals surface area contributed by atoms with Gasteiger partial charge in [0.05, 0.1) is 11.2 Å². The lowest BCUT2D eigenvalue weighted by Crippen LogP contribution is -2.30. The van der Waals surface area contributed by atoms with Crippen molar-refractivity contribution in [3.63, 3.8) is 0 Å². The van der Waals surface area contributed by atoms with Crippen molar-refractivity contribution in [2.75, 3.05) is 13.1 Å². The van der Waals surface area contributed by atoms with E-state index in [4.69, 9.17) is 4.42 Å². The van der Waals surface area contributed by atoms with Crippen LogP contribution in [0.4, 0.5) is 0 Å². The molecule has 130 valence electrons. The first-order chi connectivity index (χ1) is 11.4. The van der Waals surface area contributed by atoms with Crippen LogP contribution >= 0.6 is 0 Å². The Hall–Kier alpha value is -2.12. The summed E-state index contributed by atoms with van der Waals surface area (Å²) in [6, 6.07) is 8.25. The van der Waals surface area contributed by atoms with E-state index in [1.807, 2.05) is 13.8 Å². The molecule has 6 nitrogen and oxygen atoms in total. The molecule has 1 heterocycles. The molecule has 0 spiro atoms. The molecule has 0 radical (unpaired) electrons. The van der Waals surface area contributed by atoms with Gasteiger partial charge in [0.1, 0.15) is 0 Å². The number of carbonyl (C=O) groups excluding carboxylic acids is 1. The summed E-state index contributed by atoms with van der Waals surface area (Å²) in [5, 5.41) is 2.75. The summed E-state index contributed by atoms with van der Waals surface area (Å²) in [7, 11) is -3.46. The molecule has 7 heteroatoms. The van der Waals surface area contributed by atoms with Crippen molar-refractivity contribution >= 4 is 15.9 Å². The van der Waals surface area contributed by atoms with Gasteiger partial charge in [0, 0.05) is 25.2 Å². The number of hydrogen-bond acceptors (Lipinski definition) is 4. The number of nitrogens with one attached hydrogen (secondary N) is 1. The van der Waals surface area contributed by atoms with E-state index in [0.717, 1.165) is 11.1 Å². The van der Waals surface area contributed by atoms with E-state index >= 15 is 0 Å². The maximum absolute atomic E-state index is 12.4. The smallest absolute Gasteiger partial charge is 0.287 e. The van der Waals surface area contributed by atoms with E-state index in [1.165, 1.54) is 10.6 Å². The summed E-state index contributed by atoms with van der Waals surface area (Å²) < 4.78 is 31.4. The predicted octanol–water partition coefficient (Wildman–Crippen LogP) is 2.55. The summed E-state index contributed by atoms with van der Waals surface area (Å²) in [6.07, 6.45) is 1.47. The lowest BCUT2D eigenvalue weighted by Gasteiger charge is -2.18. The molecule has 2 aromatic rings. The maximum Gasteiger partial charge on any atom is 0.287 e. The second-order valence-electron chi connectivity index (χ2n) is 5.35. The fourth-order valence-electron chi connectivity index (χ4n) is 2.36. The second kappa shape index (κ2) is 7.63. The van der Waals surface area contributed by atoms with Crippen molar-refractivity contribution in [2.45, 2.75) is 32.2 Å². The summed E-state index contributed by atoms with van der Waals surface area (Å²) in [5.41, 5.74) is 1.58. The minimum Gasteiger partial charge on any atom is -0.459 e. The number of furan rings is 1. The van der Waals surface area contributed by atoms with E-state index in [-0.39, 0.29) is 16.6 Å². The number of carbonyl (C=O) groups is 1. The number of benzene rings is 1.